The van der Waals surface area contributed by atoms with Crippen molar-refractivity contribution in [3.8, 4) is 0 Å². The van der Waals surface area contributed by atoms with Crippen LogP contribution in [0.25, 0.3) is 10.9 Å². The van der Waals surface area contributed by atoms with Crippen molar-refractivity contribution in [1.82, 2.24) is 4.57 Å². The fourth-order valence-electron chi connectivity index (χ4n) is 2.28. The van der Waals surface area contributed by atoms with Crippen molar-refractivity contribution in [2.75, 3.05) is 0 Å². The summed E-state index contributed by atoms with van der Waals surface area (Å²) in [4.78, 5) is 0. The van der Waals surface area contributed by atoms with Gasteiger partial charge in [0.1, 0.15) is 0 Å². The van der Waals surface area contributed by atoms with Gasteiger partial charge in [-0.3, -0.25) is 4.57 Å². The molecule has 2 rings (SSSR count). The fourth-order valence-corrected chi connectivity index (χ4v) is 2.28. The number of aliphatic hydroxyl groups is 2. The van der Waals surface area contributed by atoms with Gasteiger partial charge in [-0.2, -0.15) is 0 Å². The summed E-state index contributed by atoms with van der Waals surface area (Å²) < 4.78 is 7.29. The lowest BCUT2D eigenvalue weighted by molar-refractivity contribution is -0.209. The van der Waals surface area contributed by atoms with Gasteiger partial charge in [-0.25, -0.2) is 0 Å². The Morgan fingerprint density at radius 2 is 1.85 bits per heavy atom. The predicted molar refractivity (Wildman–Crippen MR) is 79.3 cm³/mol. The first-order valence-electron chi connectivity index (χ1n) is 6.97. The highest BCUT2D eigenvalue weighted by Gasteiger charge is 2.24. The maximum Gasteiger partial charge on any atom is 0.242 e. The first kappa shape index (κ1) is 15.0. The highest BCUT2D eigenvalue weighted by atomic mass is 16.6. The molecule has 20 heavy (non-hydrogen) atoms. The van der Waals surface area contributed by atoms with Crippen molar-refractivity contribution in [3.63, 3.8) is 0 Å². The summed E-state index contributed by atoms with van der Waals surface area (Å²) in [6.45, 7) is 7.57. The molecule has 2 aromatic rings. The molecule has 1 aromatic carbocycles. The largest absolute Gasteiger partial charge is 0.387 e. The quantitative estimate of drug-likeness (QED) is 0.843. The lowest BCUT2D eigenvalue weighted by atomic mass is 10.2. The van der Waals surface area contributed by atoms with Crippen LogP contribution in [-0.4, -0.2) is 20.4 Å². The second-order valence-corrected chi connectivity index (χ2v) is 5.98. The number of hydrogen-bond acceptors (Lipinski definition) is 3. The molecule has 0 saturated carbocycles. The third kappa shape index (κ3) is 3.03. The van der Waals surface area contributed by atoms with Crippen LogP contribution in [0.15, 0.2) is 30.3 Å². The normalized spacial score (nSPS) is 15.5. The summed E-state index contributed by atoms with van der Waals surface area (Å²) in [5.74, 6) is 0. The van der Waals surface area contributed by atoms with Crippen LogP contribution < -0.4 is 0 Å². The Kier molecular flexibility index (Phi) is 4.18. The zero-order chi connectivity index (χ0) is 14.9. The minimum Gasteiger partial charge on any atom is -0.387 e. The third-order valence-electron chi connectivity index (χ3n) is 3.19. The van der Waals surface area contributed by atoms with Crippen LogP contribution in [0.4, 0.5) is 0 Å². The van der Waals surface area contributed by atoms with E-state index < -0.39 is 18.1 Å². The van der Waals surface area contributed by atoms with Crippen LogP contribution in [0.2, 0.25) is 0 Å². The average molecular weight is 277 g/mol. The van der Waals surface area contributed by atoms with Gasteiger partial charge in [-0.05, 0) is 39.3 Å². The number of aromatic nitrogens is 1. The van der Waals surface area contributed by atoms with Crippen LogP contribution in [0, 0.1) is 0 Å². The maximum atomic E-state index is 10.4. The SMILES string of the molecule is CCC(O)c1cc2ccccc2n1C(O)OC(C)(C)C. The van der Waals surface area contributed by atoms with Crippen molar-refractivity contribution in [2.24, 2.45) is 0 Å². The van der Waals surface area contributed by atoms with E-state index in [2.05, 4.69) is 0 Å². The second kappa shape index (κ2) is 5.56. The molecular formula is C16H23NO3. The summed E-state index contributed by atoms with van der Waals surface area (Å²) in [6, 6.07) is 9.62. The van der Waals surface area contributed by atoms with Gasteiger partial charge in [-0.15, -0.1) is 0 Å². The maximum absolute atomic E-state index is 10.4. The standard InChI is InChI=1S/C16H23NO3/c1-5-14(18)13-10-11-8-6-7-9-12(11)17(13)15(19)20-16(2,3)4/h6-10,14-15,18-19H,5H2,1-4H3. The minimum absolute atomic E-state index is 0.473. The molecule has 0 radical (unpaired) electrons. The molecule has 0 aliphatic heterocycles. The monoisotopic (exact) mass is 277 g/mol. The van der Waals surface area contributed by atoms with Crippen LogP contribution in [0.3, 0.4) is 0 Å². The molecule has 0 spiro atoms. The Morgan fingerprint density at radius 3 is 2.45 bits per heavy atom. The Labute approximate surface area is 119 Å². The lowest BCUT2D eigenvalue weighted by Crippen LogP contribution is -2.27. The number of aliphatic hydroxyl groups excluding tert-OH is 2. The van der Waals surface area contributed by atoms with Gasteiger partial charge in [0, 0.05) is 5.39 Å². The molecule has 0 aliphatic rings. The minimum atomic E-state index is -1.12. The highest BCUT2D eigenvalue weighted by Crippen LogP contribution is 2.30. The van der Waals surface area contributed by atoms with Crippen LogP contribution in [0.5, 0.6) is 0 Å². The topological polar surface area (TPSA) is 54.6 Å². The molecule has 4 heteroatoms. The number of ether oxygens (including phenoxy) is 1. The molecule has 0 saturated heterocycles. The lowest BCUT2D eigenvalue weighted by Gasteiger charge is -2.27. The van der Waals surface area contributed by atoms with E-state index in [-0.39, 0.29) is 0 Å². The van der Waals surface area contributed by atoms with Gasteiger partial charge in [0.2, 0.25) is 6.41 Å². The zero-order valence-electron chi connectivity index (χ0n) is 12.5. The molecule has 1 aromatic heterocycles. The summed E-state index contributed by atoms with van der Waals surface area (Å²) in [5, 5.41) is 21.5. The average Bonchev–Trinajstić information content (AvgIpc) is 2.75. The number of para-hydroxylation sites is 1. The Morgan fingerprint density at radius 1 is 1.20 bits per heavy atom. The van der Waals surface area contributed by atoms with Gasteiger partial charge in [0.05, 0.1) is 22.9 Å². The van der Waals surface area contributed by atoms with E-state index in [1.807, 2.05) is 58.0 Å². The Balaban J connectivity index is 2.53. The van der Waals surface area contributed by atoms with E-state index in [0.29, 0.717) is 12.1 Å². The molecule has 0 amide bonds. The summed E-state index contributed by atoms with van der Waals surface area (Å²) in [5.41, 5.74) is 1.05. The van der Waals surface area contributed by atoms with Crippen LogP contribution in [0.1, 0.15) is 52.3 Å². The van der Waals surface area contributed by atoms with E-state index in [1.54, 1.807) is 4.57 Å². The van der Waals surface area contributed by atoms with Crippen molar-refractivity contribution < 1.29 is 14.9 Å². The van der Waals surface area contributed by atoms with E-state index in [1.165, 1.54) is 0 Å². The molecular weight excluding hydrogens is 254 g/mol. The number of nitrogens with zero attached hydrogens (tertiary/aromatic N) is 1. The molecule has 2 unspecified atom stereocenters. The number of rotatable bonds is 4. The number of benzene rings is 1. The van der Waals surface area contributed by atoms with Gasteiger partial charge in [0.15, 0.2) is 0 Å². The van der Waals surface area contributed by atoms with Crippen molar-refractivity contribution in [1.29, 1.82) is 0 Å². The van der Waals surface area contributed by atoms with Gasteiger partial charge in [0.25, 0.3) is 0 Å². The first-order valence-corrected chi connectivity index (χ1v) is 6.97. The molecule has 0 fully saturated rings. The van der Waals surface area contributed by atoms with Crippen molar-refractivity contribution in [2.45, 2.75) is 52.2 Å². The summed E-state index contributed by atoms with van der Waals surface area (Å²) in [6.07, 6.45) is -1.16. The highest BCUT2D eigenvalue weighted by molar-refractivity contribution is 5.81. The fraction of sp³-hybridized carbons (Fsp3) is 0.500. The number of fused-ring (bicyclic) bond motifs is 1. The summed E-state index contributed by atoms with van der Waals surface area (Å²) in [7, 11) is 0. The molecule has 2 atom stereocenters. The van der Waals surface area contributed by atoms with E-state index >= 15 is 0 Å². The van der Waals surface area contributed by atoms with Gasteiger partial charge < -0.3 is 14.9 Å². The van der Waals surface area contributed by atoms with Gasteiger partial charge >= 0.3 is 0 Å². The van der Waals surface area contributed by atoms with Gasteiger partial charge in [-0.1, -0.05) is 25.1 Å². The van der Waals surface area contributed by atoms with Crippen molar-refractivity contribution in [3.05, 3.63) is 36.0 Å². The van der Waals surface area contributed by atoms with E-state index in [4.69, 9.17) is 4.74 Å². The Bertz CT molecular complexity index is 583. The first-order chi connectivity index (χ1) is 9.33. The van der Waals surface area contributed by atoms with Crippen LogP contribution in [-0.2, 0) is 4.74 Å². The molecule has 2 N–H and O–H groups in total. The number of hydrogen-bond donors (Lipinski definition) is 2. The Hall–Kier alpha value is -1.36. The molecule has 110 valence electrons. The molecule has 1 heterocycles. The van der Waals surface area contributed by atoms with Crippen molar-refractivity contribution >= 4 is 10.9 Å². The van der Waals surface area contributed by atoms with Crippen LogP contribution >= 0.6 is 0 Å². The zero-order valence-corrected chi connectivity index (χ0v) is 12.5. The molecule has 0 bridgehead atoms. The van der Waals surface area contributed by atoms with E-state index in [0.717, 1.165) is 10.9 Å². The molecule has 4 nitrogen and oxygen atoms in total. The predicted octanol–water partition coefficient (Wildman–Crippen LogP) is 3.35. The molecule has 0 aliphatic carbocycles. The van der Waals surface area contributed by atoms with E-state index in [9.17, 15) is 10.2 Å². The third-order valence-corrected chi connectivity index (χ3v) is 3.19. The summed E-state index contributed by atoms with van der Waals surface area (Å²) >= 11 is 0. The second-order valence-electron chi connectivity index (χ2n) is 5.98. The smallest absolute Gasteiger partial charge is 0.242 e.